The summed E-state index contributed by atoms with van der Waals surface area (Å²) in [7, 11) is 1.96. The molecule has 0 bridgehead atoms. The van der Waals surface area contributed by atoms with E-state index in [0.717, 1.165) is 32.7 Å². The molecule has 1 aromatic rings. The van der Waals surface area contributed by atoms with Crippen LogP contribution in [0.2, 0.25) is 0 Å². The summed E-state index contributed by atoms with van der Waals surface area (Å²) < 4.78 is 7.59. The molecular formula is C11H20N2O. The average Bonchev–Trinajstić information content (AvgIpc) is 2.61. The van der Waals surface area contributed by atoms with Crippen molar-refractivity contribution < 1.29 is 4.74 Å². The molecule has 1 heterocycles. The molecule has 1 rings (SSSR count). The zero-order valence-corrected chi connectivity index (χ0v) is 9.12. The monoisotopic (exact) mass is 196 g/mol. The lowest BCUT2D eigenvalue weighted by atomic mass is 10.3. The van der Waals surface area contributed by atoms with Crippen molar-refractivity contribution in [1.29, 1.82) is 0 Å². The van der Waals surface area contributed by atoms with Crippen LogP contribution in [-0.2, 0) is 17.8 Å². The largest absolute Gasteiger partial charge is 0.380 e. The van der Waals surface area contributed by atoms with Gasteiger partial charge in [0.15, 0.2) is 0 Å². The first kappa shape index (κ1) is 11.3. The molecule has 0 atom stereocenters. The van der Waals surface area contributed by atoms with Crippen LogP contribution in [0.15, 0.2) is 18.5 Å². The number of nitrogens with one attached hydrogen (secondary N) is 1. The van der Waals surface area contributed by atoms with Gasteiger partial charge in [0, 0.05) is 32.1 Å². The molecule has 0 aliphatic heterocycles. The highest BCUT2D eigenvalue weighted by molar-refractivity contribution is 5.09. The molecule has 0 aliphatic rings. The standard InChI is InChI=1S/C11H20N2O/c1-3-7-14-8-6-13-5-4-11(10-13)9-12-2/h4-5,10,12H,3,6-9H2,1-2H3. The molecule has 80 valence electrons. The smallest absolute Gasteiger partial charge is 0.0645 e. The van der Waals surface area contributed by atoms with E-state index in [0.29, 0.717) is 0 Å². The van der Waals surface area contributed by atoms with E-state index in [1.807, 2.05) is 7.05 Å². The molecule has 3 heteroatoms. The number of rotatable bonds is 7. The van der Waals surface area contributed by atoms with Crippen LogP contribution in [0.4, 0.5) is 0 Å². The number of hydrogen-bond acceptors (Lipinski definition) is 2. The Morgan fingerprint density at radius 1 is 1.43 bits per heavy atom. The lowest BCUT2D eigenvalue weighted by molar-refractivity contribution is 0.127. The summed E-state index contributed by atoms with van der Waals surface area (Å²) in [6, 6.07) is 2.14. The third-order valence-electron chi connectivity index (χ3n) is 2.03. The fraction of sp³-hybridized carbons (Fsp3) is 0.636. The molecule has 0 aliphatic carbocycles. The number of ether oxygens (including phenoxy) is 1. The second-order valence-electron chi connectivity index (χ2n) is 3.40. The lowest BCUT2D eigenvalue weighted by Crippen LogP contribution is -2.06. The molecule has 3 nitrogen and oxygen atoms in total. The Kier molecular flexibility index (Phi) is 5.33. The molecule has 0 spiro atoms. The summed E-state index contributed by atoms with van der Waals surface area (Å²) in [6.07, 6.45) is 5.35. The molecule has 0 amide bonds. The fourth-order valence-electron chi connectivity index (χ4n) is 1.35. The second kappa shape index (κ2) is 6.62. The van der Waals surface area contributed by atoms with Gasteiger partial charge in [0.1, 0.15) is 0 Å². The Labute approximate surface area is 86.1 Å². The predicted octanol–water partition coefficient (Wildman–Crippen LogP) is 1.63. The lowest BCUT2D eigenvalue weighted by Gasteiger charge is -2.03. The normalized spacial score (nSPS) is 10.7. The van der Waals surface area contributed by atoms with Gasteiger partial charge >= 0.3 is 0 Å². The van der Waals surface area contributed by atoms with Gasteiger partial charge in [-0.1, -0.05) is 6.92 Å². The van der Waals surface area contributed by atoms with Gasteiger partial charge in [-0.25, -0.2) is 0 Å². The summed E-state index contributed by atoms with van der Waals surface area (Å²) >= 11 is 0. The molecule has 14 heavy (non-hydrogen) atoms. The fourth-order valence-corrected chi connectivity index (χ4v) is 1.35. The minimum absolute atomic E-state index is 0.807. The van der Waals surface area contributed by atoms with Gasteiger partial charge in [-0.05, 0) is 25.1 Å². The van der Waals surface area contributed by atoms with E-state index < -0.39 is 0 Å². The predicted molar refractivity (Wildman–Crippen MR) is 58.3 cm³/mol. The topological polar surface area (TPSA) is 26.2 Å². The first-order chi connectivity index (χ1) is 6.86. The van der Waals surface area contributed by atoms with Crippen molar-refractivity contribution >= 4 is 0 Å². The first-order valence-electron chi connectivity index (χ1n) is 5.23. The second-order valence-corrected chi connectivity index (χ2v) is 3.40. The molecule has 1 N–H and O–H groups in total. The highest BCUT2D eigenvalue weighted by Crippen LogP contribution is 2.00. The van der Waals surface area contributed by atoms with Crippen LogP contribution in [0.5, 0.6) is 0 Å². The molecule has 0 fully saturated rings. The van der Waals surface area contributed by atoms with Gasteiger partial charge in [0.05, 0.1) is 6.61 Å². The average molecular weight is 196 g/mol. The van der Waals surface area contributed by atoms with E-state index in [-0.39, 0.29) is 0 Å². The van der Waals surface area contributed by atoms with Crippen molar-refractivity contribution in [1.82, 2.24) is 9.88 Å². The molecule has 0 unspecified atom stereocenters. The zero-order valence-electron chi connectivity index (χ0n) is 9.12. The summed E-state index contributed by atoms with van der Waals surface area (Å²) in [5.74, 6) is 0. The van der Waals surface area contributed by atoms with Gasteiger partial charge in [0.25, 0.3) is 0 Å². The maximum atomic E-state index is 5.42. The van der Waals surface area contributed by atoms with Crippen LogP contribution < -0.4 is 5.32 Å². The van der Waals surface area contributed by atoms with Gasteiger partial charge in [-0.3, -0.25) is 0 Å². The third kappa shape index (κ3) is 3.94. The number of nitrogens with zero attached hydrogens (tertiary/aromatic N) is 1. The Morgan fingerprint density at radius 2 is 2.29 bits per heavy atom. The highest BCUT2D eigenvalue weighted by Gasteiger charge is 1.95. The van der Waals surface area contributed by atoms with E-state index in [2.05, 4.69) is 35.3 Å². The zero-order chi connectivity index (χ0) is 10.2. The van der Waals surface area contributed by atoms with E-state index in [1.165, 1.54) is 5.56 Å². The van der Waals surface area contributed by atoms with Crippen molar-refractivity contribution in [3.63, 3.8) is 0 Å². The molecular weight excluding hydrogens is 176 g/mol. The summed E-state index contributed by atoms with van der Waals surface area (Å²) in [5, 5.41) is 3.13. The Bertz CT molecular complexity index is 245. The summed E-state index contributed by atoms with van der Waals surface area (Å²) in [5.41, 5.74) is 1.32. The summed E-state index contributed by atoms with van der Waals surface area (Å²) in [4.78, 5) is 0. The van der Waals surface area contributed by atoms with E-state index in [1.54, 1.807) is 0 Å². The maximum absolute atomic E-state index is 5.42. The van der Waals surface area contributed by atoms with E-state index in [4.69, 9.17) is 4.74 Å². The number of hydrogen-bond donors (Lipinski definition) is 1. The van der Waals surface area contributed by atoms with Crippen LogP contribution in [0.25, 0.3) is 0 Å². The van der Waals surface area contributed by atoms with E-state index in [9.17, 15) is 0 Å². The minimum atomic E-state index is 0.807. The SMILES string of the molecule is CCCOCCn1ccc(CNC)c1. The maximum Gasteiger partial charge on any atom is 0.0645 e. The molecule has 0 radical (unpaired) electrons. The van der Waals surface area contributed by atoms with Gasteiger partial charge in [-0.2, -0.15) is 0 Å². The van der Waals surface area contributed by atoms with Crippen molar-refractivity contribution in [2.45, 2.75) is 26.4 Å². The van der Waals surface area contributed by atoms with Crippen molar-refractivity contribution in [3.8, 4) is 0 Å². The molecule has 0 saturated carbocycles. The Balaban J connectivity index is 2.22. The Hall–Kier alpha value is -0.800. The van der Waals surface area contributed by atoms with Crippen LogP contribution >= 0.6 is 0 Å². The van der Waals surface area contributed by atoms with Crippen LogP contribution in [-0.4, -0.2) is 24.8 Å². The molecule has 0 saturated heterocycles. The van der Waals surface area contributed by atoms with Crippen molar-refractivity contribution in [2.75, 3.05) is 20.3 Å². The quantitative estimate of drug-likeness (QED) is 0.671. The first-order valence-corrected chi connectivity index (χ1v) is 5.23. The van der Waals surface area contributed by atoms with E-state index >= 15 is 0 Å². The van der Waals surface area contributed by atoms with Crippen LogP contribution in [0.3, 0.4) is 0 Å². The van der Waals surface area contributed by atoms with Gasteiger partial charge in [-0.15, -0.1) is 0 Å². The third-order valence-corrected chi connectivity index (χ3v) is 2.03. The molecule has 1 aromatic heterocycles. The van der Waals surface area contributed by atoms with Crippen LogP contribution in [0.1, 0.15) is 18.9 Å². The number of aromatic nitrogens is 1. The van der Waals surface area contributed by atoms with Gasteiger partial charge < -0.3 is 14.6 Å². The van der Waals surface area contributed by atoms with Crippen molar-refractivity contribution in [3.05, 3.63) is 24.0 Å². The Morgan fingerprint density at radius 3 is 3.00 bits per heavy atom. The van der Waals surface area contributed by atoms with Crippen molar-refractivity contribution in [2.24, 2.45) is 0 Å². The van der Waals surface area contributed by atoms with Crippen LogP contribution in [0, 0.1) is 0 Å². The highest BCUT2D eigenvalue weighted by atomic mass is 16.5. The summed E-state index contributed by atoms with van der Waals surface area (Å²) in [6.45, 7) is 5.68. The molecule has 0 aromatic carbocycles. The van der Waals surface area contributed by atoms with Gasteiger partial charge in [0.2, 0.25) is 0 Å². The minimum Gasteiger partial charge on any atom is -0.380 e.